The van der Waals surface area contributed by atoms with Crippen molar-refractivity contribution in [3.05, 3.63) is 84.4 Å². The molecule has 4 rings (SSSR count). The van der Waals surface area contributed by atoms with Crippen LogP contribution in [0.4, 0.5) is 5.69 Å². The lowest BCUT2D eigenvalue weighted by atomic mass is 10.1. The Balaban J connectivity index is 1.50. The van der Waals surface area contributed by atoms with Crippen LogP contribution in [0.1, 0.15) is 10.4 Å². The number of amides is 1. The highest BCUT2D eigenvalue weighted by molar-refractivity contribution is 6.04. The number of carbonyl (C=O) groups is 1. The molecule has 1 heterocycles. The lowest BCUT2D eigenvalue weighted by Gasteiger charge is -2.09. The number of aromatic nitrogens is 4. The Kier molecular flexibility index (Phi) is 4.57. The van der Waals surface area contributed by atoms with Crippen molar-refractivity contribution >= 4 is 11.6 Å². The molecule has 0 aliphatic heterocycles. The third-order valence-electron chi connectivity index (χ3n) is 3.80. The Hall–Kier alpha value is -4.00. The van der Waals surface area contributed by atoms with Crippen LogP contribution in [0.3, 0.4) is 0 Å². The molecule has 0 spiro atoms. The first kappa shape index (κ1) is 16.5. The number of nitrogens with one attached hydrogen (secondary N) is 2. The summed E-state index contributed by atoms with van der Waals surface area (Å²) in [5.41, 5.74) is 1.88. The number of hydrogen-bond donors (Lipinski definition) is 2. The van der Waals surface area contributed by atoms with E-state index in [-0.39, 0.29) is 5.91 Å². The van der Waals surface area contributed by atoms with Crippen molar-refractivity contribution in [3.8, 4) is 22.9 Å². The van der Waals surface area contributed by atoms with Crippen molar-refractivity contribution in [2.45, 2.75) is 0 Å². The molecule has 27 heavy (non-hydrogen) atoms. The standard InChI is InChI=1S/C20H15N5O2/c26-20(21-16-8-4-6-14(12-16)19-22-24-25-23-19)15-7-5-11-18(13-15)27-17-9-2-1-3-10-17/h1-13H,(H,21,26)(H,22,23,24,25). The van der Waals surface area contributed by atoms with E-state index in [2.05, 4.69) is 25.9 Å². The second kappa shape index (κ2) is 7.49. The van der Waals surface area contributed by atoms with Gasteiger partial charge in [-0.15, -0.1) is 10.2 Å². The van der Waals surface area contributed by atoms with Crippen LogP contribution >= 0.6 is 0 Å². The quantitative estimate of drug-likeness (QED) is 0.565. The van der Waals surface area contributed by atoms with E-state index in [9.17, 15) is 4.79 Å². The molecule has 0 atom stereocenters. The number of tetrazole rings is 1. The summed E-state index contributed by atoms with van der Waals surface area (Å²) in [4.78, 5) is 12.6. The molecule has 1 aromatic heterocycles. The van der Waals surface area contributed by atoms with E-state index < -0.39 is 0 Å². The van der Waals surface area contributed by atoms with Gasteiger partial charge >= 0.3 is 0 Å². The van der Waals surface area contributed by atoms with E-state index in [0.29, 0.717) is 28.6 Å². The van der Waals surface area contributed by atoms with Gasteiger partial charge in [0.15, 0.2) is 0 Å². The molecule has 0 unspecified atom stereocenters. The average molecular weight is 357 g/mol. The number of anilines is 1. The molecule has 2 N–H and O–H groups in total. The highest BCUT2D eigenvalue weighted by Gasteiger charge is 2.10. The zero-order valence-electron chi connectivity index (χ0n) is 14.2. The third kappa shape index (κ3) is 3.98. The second-order valence-corrected chi connectivity index (χ2v) is 5.71. The van der Waals surface area contributed by atoms with Crippen LogP contribution in [0.2, 0.25) is 0 Å². The molecular formula is C20H15N5O2. The van der Waals surface area contributed by atoms with E-state index in [1.807, 2.05) is 42.5 Å². The minimum Gasteiger partial charge on any atom is -0.457 e. The molecule has 0 radical (unpaired) electrons. The van der Waals surface area contributed by atoms with E-state index in [0.717, 1.165) is 5.56 Å². The first-order valence-electron chi connectivity index (χ1n) is 8.26. The lowest BCUT2D eigenvalue weighted by molar-refractivity contribution is 0.102. The Bertz CT molecular complexity index is 1050. The first-order valence-corrected chi connectivity index (χ1v) is 8.26. The summed E-state index contributed by atoms with van der Waals surface area (Å²) < 4.78 is 5.78. The predicted octanol–water partition coefficient (Wildman–Crippen LogP) is 3.91. The number of para-hydroxylation sites is 1. The van der Waals surface area contributed by atoms with Crippen molar-refractivity contribution in [2.24, 2.45) is 0 Å². The monoisotopic (exact) mass is 357 g/mol. The van der Waals surface area contributed by atoms with Gasteiger partial charge in [-0.05, 0) is 47.7 Å². The van der Waals surface area contributed by atoms with Gasteiger partial charge in [0.1, 0.15) is 11.5 Å². The maximum absolute atomic E-state index is 12.6. The molecule has 0 fully saturated rings. The fraction of sp³-hybridized carbons (Fsp3) is 0. The SMILES string of the molecule is O=C(Nc1cccc(-c2nn[nH]n2)c1)c1cccc(Oc2ccccc2)c1. The highest BCUT2D eigenvalue weighted by atomic mass is 16.5. The van der Waals surface area contributed by atoms with Gasteiger partial charge < -0.3 is 10.1 Å². The van der Waals surface area contributed by atoms with Crippen LogP contribution in [0.5, 0.6) is 11.5 Å². The maximum Gasteiger partial charge on any atom is 0.255 e. The van der Waals surface area contributed by atoms with Gasteiger partial charge in [0.2, 0.25) is 5.82 Å². The van der Waals surface area contributed by atoms with Crippen LogP contribution in [0.25, 0.3) is 11.4 Å². The van der Waals surface area contributed by atoms with Gasteiger partial charge in [-0.2, -0.15) is 5.21 Å². The topological polar surface area (TPSA) is 92.8 Å². The van der Waals surface area contributed by atoms with E-state index in [1.54, 1.807) is 36.4 Å². The second-order valence-electron chi connectivity index (χ2n) is 5.71. The van der Waals surface area contributed by atoms with Gasteiger partial charge in [0.25, 0.3) is 5.91 Å². The van der Waals surface area contributed by atoms with Crippen LogP contribution < -0.4 is 10.1 Å². The summed E-state index contributed by atoms with van der Waals surface area (Å²) in [6.07, 6.45) is 0. The van der Waals surface area contributed by atoms with Crippen molar-refractivity contribution in [1.82, 2.24) is 20.6 Å². The number of carbonyl (C=O) groups excluding carboxylic acids is 1. The molecule has 0 bridgehead atoms. The Morgan fingerprint density at radius 3 is 2.52 bits per heavy atom. The minimum absolute atomic E-state index is 0.237. The minimum atomic E-state index is -0.237. The first-order chi connectivity index (χ1) is 13.3. The summed E-state index contributed by atoms with van der Waals surface area (Å²) in [6.45, 7) is 0. The number of rotatable bonds is 5. The number of hydrogen-bond acceptors (Lipinski definition) is 5. The number of nitrogens with zero attached hydrogens (tertiary/aromatic N) is 3. The van der Waals surface area contributed by atoms with Crippen molar-refractivity contribution in [3.63, 3.8) is 0 Å². The maximum atomic E-state index is 12.6. The summed E-state index contributed by atoms with van der Waals surface area (Å²) >= 11 is 0. The van der Waals surface area contributed by atoms with Gasteiger partial charge in [-0.1, -0.05) is 36.4 Å². The zero-order valence-corrected chi connectivity index (χ0v) is 14.2. The number of benzene rings is 3. The molecule has 132 valence electrons. The van der Waals surface area contributed by atoms with Crippen LogP contribution in [-0.4, -0.2) is 26.5 Å². The summed E-state index contributed by atoms with van der Waals surface area (Å²) in [5.74, 6) is 1.53. The molecule has 0 saturated heterocycles. The highest BCUT2D eigenvalue weighted by Crippen LogP contribution is 2.23. The van der Waals surface area contributed by atoms with Crippen molar-refractivity contribution in [1.29, 1.82) is 0 Å². The fourth-order valence-corrected chi connectivity index (χ4v) is 2.55. The smallest absolute Gasteiger partial charge is 0.255 e. The molecule has 7 nitrogen and oxygen atoms in total. The Morgan fingerprint density at radius 2 is 1.70 bits per heavy atom. The van der Waals surface area contributed by atoms with Gasteiger partial charge in [0, 0.05) is 16.8 Å². The Labute approximate surface area is 155 Å². The molecule has 1 amide bonds. The van der Waals surface area contributed by atoms with Gasteiger partial charge in [-0.25, -0.2) is 0 Å². The predicted molar refractivity (Wildman–Crippen MR) is 101 cm³/mol. The molecule has 0 saturated carbocycles. The van der Waals surface area contributed by atoms with Crippen LogP contribution in [0, 0.1) is 0 Å². The molecule has 4 aromatic rings. The lowest BCUT2D eigenvalue weighted by Crippen LogP contribution is -2.11. The summed E-state index contributed by atoms with van der Waals surface area (Å²) in [5, 5.41) is 16.7. The fourth-order valence-electron chi connectivity index (χ4n) is 2.55. The van der Waals surface area contributed by atoms with E-state index in [1.165, 1.54) is 0 Å². The number of aromatic amines is 1. The van der Waals surface area contributed by atoms with Crippen molar-refractivity contribution in [2.75, 3.05) is 5.32 Å². The van der Waals surface area contributed by atoms with Crippen LogP contribution in [0.15, 0.2) is 78.9 Å². The van der Waals surface area contributed by atoms with Crippen molar-refractivity contribution < 1.29 is 9.53 Å². The molecule has 0 aliphatic carbocycles. The summed E-state index contributed by atoms with van der Waals surface area (Å²) in [6, 6.07) is 23.7. The molecular weight excluding hydrogens is 342 g/mol. The average Bonchev–Trinajstić information content (AvgIpc) is 3.24. The number of ether oxygens (including phenoxy) is 1. The van der Waals surface area contributed by atoms with E-state index >= 15 is 0 Å². The number of H-pyrrole nitrogens is 1. The van der Waals surface area contributed by atoms with Gasteiger partial charge in [-0.3, -0.25) is 4.79 Å². The zero-order chi connectivity index (χ0) is 18.5. The molecule has 0 aliphatic rings. The molecule has 7 heteroatoms. The Morgan fingerprint density at radius 1 is 0.889 bits per heavy atom. The largest absolute Gasteiger partial charge is 0.457 e. The van der Waals surface area contributed by atoms with Gasteiger partial charge in [0.05, 0.1) is 0 Å². The normalized spacial score (nSPS) is 10.4. The van der Waals surface area contributed by atoms with E-state index in [4.69, 9.17) is 4.74 Å². The third-order valence-corrected chi connectivity index (χ3v) is 3.80. The van der Waals surface area contributed by atoms with Crippen LogP contribution in [-0.2, 0) is 0 Å². The summed E-state index contributed by atoms with van der Waals surface area (Å²) in [7, 11) is 0. The molecule has 3 aromatic carbocycles.